The number of rotatable bonds is 5. The maximum Gasteiger partial charge on any atom is 0.326 e. The summed E-state index contributed by atoms with van der Waals surface area (Å²) in [7, 11) is 0. The number of allylic oxidation sites excluding steroid dienone is 1. The van der Waals surface area contributed by atoms with Crippen LogP contribution in [0.3, 0.4) is 0 Å². The minimum atomic E-state index is -2.28. The highest BCUT2D eigenvalue weighted by Gasteiger charge is 2.71. The lowest BCUT2D eigenvalue weighted by atomic mass is 9.62. The number of hydrogen-bond donors (Lipinski definition) is 4. The smallest absolute Gasteiger partial charge is 0.326 e. The number of aromatic amines is 1. The van der Waals surface area contributed by atoms with Gasteiger partial charge in [0.1, 0.15) is 11.5 Å². The first-order chi connectivity index (χ1) is 16.3. The van der Waals surface area contributed by atoms with Gasteiger partial charge in [0, 0.05) is 29.0 Å². The number of nitrogens with zero attached hydrogens (tertiary/aromatic N) is 1. The number of aromatic nitrogens is 2. The molecular formula is C25H24FN3O5. The second-order valence-corrected chi connectivity index (χ2v) is 8.84. The summed E-state index contributed by atoms with van der Waals surface area (Å²) >= 11 is 0. The number of Topliss-reactive ketones (excluding diaryl/α,β-unsaturated/α-hetero) is 1. The van der Waals surface area contributed by atoms with Crippen LogP contribution in [-0.2, 0) is 14.3 Å². The Bertz CT molecular complexity index is 1280. The quantitative estimate of drug-likeness (QED) is 0.333. The lowest BCUT2D eigenvalue weighted by molar-refractivity contribution is -0.183. The molecule has 0 amide bonds. The van der Waals surface area contributed by atoms with Crippen LogP contribution in [0, 0.1) is 11.2 Å². The van der Waals surface area contributed by atoms with Gasteiger partial charge in [-0.2, -0.15) is 0 Å². The van der Waals surface area contributed by atoms with Gasteiger partial charge in [-0.15, -0.1) is 0 Å². The van der Waals surface area contributed by atoms with E-state index in [4.69, 9.17) is 4.74 Å². The Labute approximate surface area is 194 Å². The third-order valence-electron chi connectivity index (χ3n) is 6.88. The Morgan fingerprint density at radius 2 is 1.94 bits per heavy atom. The van der Waals surface area contributed by atoms with Crippen LogP contribution in [-0.4, -0.2) is 43.8 Å². The highest BCUT2D eigenvalue weighted by molar-refractivity contribution is 6.16. The van der Waals surface area contributed by atoms with Crippen molar-refractivity contribution in [2.75, 3.05) is 5.32 Å². The van der Waals surface area contributed by atoms with Crippen LogP contribution in [0.5, 0.6) is 0 Å². The van der Waals surface area contributed by atoms with Crippen LogP contribution in [0.4, 0.5) is 10.1 Å². The fourth-order valence-electron chi connectivity index (χ4n) is 5.15. The maximum atomic E-state index is 13.8. The van der Waals surface area contributed by atoms with E-state index in [9.17, 15) is 24.2 Å². The molecule has 4 N–H and O–H groups in total. The average Bonchev–Trinajstić information content (AvgIpc) is 3.35. The number of aliphatic hydroxyl groups is 1. The minimum Gasteiger partial charge on any atom is -0.480 e. The molecule has 1 aliphatic carbocycles. The third kappa shape index (κ3) is 3.35. The van der Waals surface area contributed by atoms with E-state index in [1.807, 2.05) is 6.07 Å². The zero-order chi connectivity index (χ0) is 23.9. The van der Waals surface area contributed by atoms with Crippen molar-refractivity contribution in [2.24, 2.45) is 5.41 Å². The molecule has 2 atom stereocenters. The van der Waals surface area contributed by atoms with Crippen molar-refractivity contribution in [3.8, 4) is 0 Å². The predicted molar refractivity (Wildman–Crippen MR) is 122 cm³/mol. The summed E-state index contributed by atoms with van der Waals surface area (Å²) in [6.07, 6.45) is 5.68. The highest BCUT2D eigenvalue weighted by Crippen LogP contribution is 2.52. The Morgan fingerprint density at radius 1 is 1.21 bits per heavy atom. The van der Waals surface area contributed by atoms with Crippen LogP contribution < -0.4 is 5.32 Å². The number of carbonyl (C=O) groups excluding carboxylic acids is 1. The summed E-state index contributed by atoms with van der Waals surface area (Å²) in [5, 5.41) is 25.8. The van der Waals surface area contributed by atoms with Gasteiger partial charge in [-0.25, -0.2) is 9.37 Å². The molecular weight excluding hydrogens is 441 g/mol. The molecule has 2 fully saturated rings. The van der Waals surface area contributed by atoms with Crippen molar-refractivity contribution >= 4 is 34.5 Å². The second-order valence-electron chi connectivity index (χ2n) is 8.84. The molecule has 0 radical (unpaired) electrons. The molecule has 34 heavy (non-hydrogen) atoms. The van der Waals surface area contributed by atoms with Gasteiger partial charge in [0.2, 0.25) is 11.2 Å². The summed E-state index contributed by atoms with van der Waals surface area (Å²) in [5.74, 6) is -2.91. The molecule has 3 heterocycles. The molecule has 2 unspecified atom stereocenters. The maximum absolute atomic E-state index is 13.8. The number of benzene rings is 1. The van der Waals surface area contributed by atoms with E-state index in [-0.39, 0.29) is 18.6 Å². The minimum absolute atomic E-state index is 0.153. The SMILES string of the molecule is O=C(O)C1(C2(O)CCCCC2)C(=O)/C(=C/c2c[nH]c3ncccc23)OC1Nc1ccc(F)cc1. The van der Waals surface area contributed by atoms with Crippen molar-refractivity contribution in [3.05, 3.63) is 65.9 Å². The number of H-pyrrole nitrogens is 1. The van der Waals surface area contributed by atoms with E-state index in [2.05, 4.69) is 15.3 Å². The van der Waals surface area contributed by atoms with Gasteiger partial charge in [0.25, 0.3) is 0 Å². The molecule has 9 heteroatoms. The van der Waals surface area contributed by atoms with Crippen LogP contribution in [0.1, 0.15) is 37.7 Å². The topological polar surface area (TPSA) is 125 Å². The molecule has 0 spiro atoms. The monoisotopic (exact) mass is 465 g/mol. The van der Waals surface area contributed by atoms with Gasteiger partial charge < -0.3 is 25.3 Å². The van der Waals surface area contributed by atoms with E-state index in [0.29, 0.717) is 29.7 Å². The number of ketones is 1. The fraction of sp³-hybridized carbons (Fsp3) is 0.320. The number of nitrogens with one attached hydrogen (secondary N) is 2. The molecule has 0 bridgehead atoms. The van der Waals surface area contributed by atoms with E-state index in [0.717, 1.165) is 11.8 Å². The summed E-state index contributed by atoms with van der Waals surface area (Å²) in [4.78, 5) is 33.9. The zero-order valence-corrected chi connectivity index (χ0v) is 18.3. The Balaban J connectivity index is 1.63. The first kappa shape index (κ1) is 22.1. The standard InChI is InChI=1S/C25H24FN3O5/c26-16-6-8-17(9-7-16)29-22-25(23(31)32,24(33)10-2-1-3-11-24)20(30)19(34-22)13-15-14-28-21-18(15)5-4-12-27-21/h4-9,12-14,22,29,33H,1-3,10-11H2,(H,27,28)(H,31,32)/b19-13-. The van der Waals surface area contributed by atoms with E-state index < -0.39 is 34.8 Å². The van der Waals surface area contributed by atoms with Gasteiger partial charge in [0.15, 0.2) is 12.0 Å². The molecule has 3 aromatic rings. The first-order valence-corrected chi connectivity index (χ1v) is 11.2. The summed E-state index contributed by atoms with van der Waals surface area (Å²) < 4.78 is 19.4. The molecule has 5 rings (SSSR count). The van der Waals surface area contributed by atoms with E-state index in [1.54, 1.807) is 18.5 Å². The van der Waals surface area contributed by atoms with Gasteiger partial charge in [0.05, 0.1) is 5.60 Å². The van der Waals surface area contributed by atoms with Crippen molar-refractivity contribution in [3.63, 3.8) is 0 Å². The lowest BCUT2D eigenvalue weighted by Crippen LogP contribution is -2.63. The largest absolute Gasteiger partial charge is 0.480 e. The molecule has 8 nitrogen and oxygen atoms in total. The van der Waals surface area contributed by atoms with Crippen LogP contribution in [0.25, 0.3) is 17.1 Å². The van der Waals surface area contributed by atoms with Gasteiger partial charge >= 0.3 is 5.97 Å². The summed E-state index contributed by atoms with van der Waals surface area (Å²) in [6, 6.07) is 8.85. The second kappa shape index (κ2) is 8.25. The van der Waals surface area contributed by atoms with Crippen molar-refractivity contribution in [1.82, 2.24) is 9.97 Å². The third-order valence-corrected chi connectivity index (χ3v) is 6.88. The number of aliphatic carboxylic acids is 1. The number of carbonyl (C=O) groups is 2. The van der Waals surface area contributed by atoms with Crippen molar-refractivity contribution in [2.45, 2.75) is 43.9 Å². The van der Waals surface area contributed by atoms with Crippen molar-refractivity contribution in [1.29, 1.82) is 0 Å². The molecule has 2 aromatic heterocycles. The molecule has 1 aromatic carbocycles. The van der Waals surface area contributed by atoms with Gasteiger partial charge in [-0.1, -0.05) is 19.3 Å². The lowest BCUT2D eigenvalue weighted by Gasteiger charge is -2.44. The molecule has 2 aliphatic rings. The number of halogens is 1. The number of carboxylic acid groups (broad SMARTS) is 1. The Kier molecular flexibility index (Phi) is 5.36. The van der Waals surface area contributed by atoms with Crippen LogP contribution in [0.15, 0.2) is 54.6 Å². The van der Waals surface area contributed by atoms with E-state index >= 15 is 0 Å². The average molecular weight is 465 g/mol. The molecule has 1 saturated heterocycles. The number of carboxylic acids is 1. The molecule has 1 saturated carbocycles. The van der Waals surface area contributed by atoms with Gasteiger partial charge in [-0.3, -0.25) is 9.59 Å². The van der Waals surface area contributed by atoms with E-state index in [1.165, 1.54) is 30.3 Å². The summed E-state index contributed by atoms with van der Waals surface area (Å²) in [5.41, 5.74) is -2.52. The van der Waals surface area contributed by atoms with Crippen LogP contribution in [0.2, 0.25) is 0 Å². The number of pyridine rings is 1. The highest BCUT2D eigenvalue weighted by atomic mass is 19.1. The predicted octanol–water partition coefficient (Wildman–Crippen LogP) is 3.85. The molecule has 1 aliphatic heterocycles. The van der Waals surface area contributed by atoms with Crippen molar-refractivity contribution < 1.29 is 28.9 Å². The normalized spacial score (nSPS) is 25.4. The number of anilines is 1. The summed E-state index contributed by atoms with van der Waals surface area (Å²) in [6.45, 7) is 0. The number of hydrogen-bond acceptors (Lipinski definition) is 6. The number of ether oxygens (including phenoxy) is 1. The van der Waals surface area contributed by atoms with Gasteiger partial charge in [-0.05, 0) is 55.3 Å². The first-order valence-electron chi connectivity index (χ1n) is 11.2. The number of fused-ring (bicyclic) bond motifs is 1. The molecule has 176 valence electrons. The van der Waals surface area contributed by atoms with Crippen LogP contribution >= 0.6 is 0 Å². The fourth-order valence-corrected chi connectivity index (χ4v) is 5.15. The Hall–Kier alpha value is -3.72. The Morgan fingerprint density at radius 3 is 2.65 bits per heavy atom. The zero-order valence-electron chi connectivity index (χ0n) is 18.3.